The van der Waals surface area contributed by atoms with Crippen molar-refractivity contribution in [1.82, 2.24) is 20.3 Å². The van der Waals surface area contributed by atoms with E-state index in [0.717, 1.165) is 25.1 Å². The van der Waals surface area contributed by atoms with Crippen LogP contribution in [0.5, 0.6) is 0 Å². The Hall–Kier alpha value is -2.81. The Bertz CT molecular complexity index is 1010. The quantitative estimate of drug-likeness (QED) is 0.764. The lowest BCUT2D eigenvalue weighted by molar-refractivity contribution is -0.136. The van der Waals surface area contributed by atoms with Crippen molar-refractivity contribution < 1.29 is 22.9 Å². The van der Waals surface area contributed by atoms with Gasteiger partial charge in [-0.1, -0.05) is 12.1 Å². The molecular formula is C23H28F2N4O3. The van der Waals surface area contributed by atoms with Gasteiger partial charge in [0.25, 0.3) is 5.91 Å². The summed E-state index contributed by atoms with van der Waals surface area (Å²) in [6, 6.07) is 4.55. The predicted molar refractivity (Wildman–Crippen MR) is 114 cm³/mol. The van der Waals surface area contributed by atoms with E-state index in [9.17, 15) is 18.4 Å². The van der Waals surface area contributed by atoms with Gasteiger partial charge in [0.2, 0.25) is 5.91 Å². The highest BCUT2D eigenvalue weighted by molar-refractivity contribution is 5.94. The molecule has 0 bridgehead atoms. The van der Waals surface area contributed by atoms with E-state index in [2.05, 4.69) is 22.3 Å². The molecule has 2 aliphatic rings. The second kappa shape index (κ2) is 8.97. The summed E-state index contributed by atoms with van der Waals surface area (Å²) in [6.07, 6.45) is 3.00. The first-order valence-electron chi connectivity index (χ1n) is 10.9. The van der Waals surface area contributed by atoms with Gasteiger partial charge in [0.05, 0.1) is 11.5 Å². The molecule has 7 nitrogen and oxygen atoms in total. The maximum atomic E-state index is 14.0. The third-order valence-corrected chi connectivity index (χ3v) is 6.70. The molecule has 9 heteroatoms. The van der Waals surface area contributed by atoms with E-state index in [0.29, 0.717) is 24.9 Å². The van der Waals surface area contributed by atoms with E-state index in [1.807, 2.05) is 0 Å². The first-order chi connectivity index (χ1) is 15.2. The van der Waals surface area contributed by atoms with Gasteiger partial charge in [-0.3, -0.25) is 14.5 Å². The molecule has 2 heterocycles. The van der Waals surface area contributed by atoms with Gasteiger partial charge in [0.15, 0.2) is 11.5 Å². The lowest BCUT2D eigenvalue weighted by atomic mass is 9.78. The Balaban J connectivity index is 1.47. The van der Waals surface area contributed by atoms with Crippen molar-refractivity contribution in [3.05, 3.63) is 41.6 Å². The standard InChI is InChI=1S/C23H28F2N4O3/c1-13-4-7-20(13)29-9-8-18(16(12-29)23(31)28(2)3)26-22(30)19-11-21(32-27-19)15-6-5-14(24)10-17(15)25/h5-6,10-11,13,16,18,20H,4,7-9,12H2,1-3H3,(H,26,30)/t13-,16-,18-,20+/m1/s1. The summed E-state index contributed by atoms with van der Waals surface area (Å²) in [4.78, 5) is 29.6. The average molecular weight is 446 g/mol. The van der Waals surface area contributed by atoms with E-state index in [4.69, 9.17) is 4.52 Å². The molecule has 1 aromatic heterocycles. The lowest BCUT2D eigenvalue weighted by Gasteiger charge is -2.48. The molecule has 4 atom stereocenters. The number of nitrogens with one attached hydrogen (secondary N) is 1. The number of rotatable bonds is 5. The first kappa shape index (κ1) is 22.4. The molecule has 4 rings (SSSR count). The summed E-state index contributed by atoms with van der Waals surface area (Å²) in [6.45, 7) is 3.64. The maximum Gasteiger partial charge on any atom is 0.273 e. The minimum absolute atomic E-state index is 0.0153. The molecular weight excluding hydrogens is 418 g/mol. The van der Waals surface area contributed by atoms with E-state index in [-0.39, 0.29) is 34.9 Å². The van der Waals surface area contributed by atoms with E-state index < -0.39 is 17.5 Å². The van der Waals surface area contributed by atoms with Crippen molar-refractivity contribution in [3.8, 4) is 11.3 Å². The van der Waals surface area contributed by atoms with Gasteiger partial charge in [0, 0.05) is 51.4 Å². The lowest BCUT2D eigenvalue weighted by Crippen LogP contribution is -2.59. The number of aromatic nitrogens is 1. The van der Waals surface area contributed by atoms with Crippen LogP contribution >= 0.6 is 0 Å². The van der Waals surface area contributed by atoms with Crippen LogP contribution in [0.1, 0.15) is 36.7 Å². The highest BCUT2D eigenvalue weighted by atomic mass is 19.1. The monoisotopic (exact) mass is 446 g/mol. The molecule has 172 valence electrons. The Kier molecular flexibility index (Phi) is 6.28. The van der Waals surface area contributed by atoms with Gasteiger partial charge >= 0.3 is 0 Å². The fraction of sp³-hybridized carbons (Fsp3) is 0.522. The summed E-state index contributed by atoms with van der Waals surface area (Å²) in [5.41, 5.74) is -0.00337. The molecule has 2 fully saturated rings. The molecule has 1 saturated carbocycles. The normalized spacial score (nSPS) is 25.8. The average Bonchev–Trinajstić information content (AvgIpc) is 3.23. The summed E-state index contributed by atoms with van der Waals surface area (Å²) in [5, 5.41) is 6.68. The molecule has 1 saturated heterocycles. The van der Waals surface area contributed by atoms with Gasteiger partial charge < -0.3 is 14.7 Å². The van der Waals surface area contributed by atoms with Crippen LogP contribution in [-0.2, 0) is 4.79 Å². The maximum absolute atomic E-state index is 14.0. The zero-order valence-electron chi connectivity index (χ0n) is 18.5. The molecule has 2 amide bonds. The topological polar surface area (TPSA) is 78.7 Å². The van der Waals surface area contributed by atoms with Crippen LogP contribution in [0.4, 0.5) is 8.78 Å². The Morgan fingerprint density at radius 3 is 2.59 bits per heavy atom. The summed E-state index contributed by atoms with van der Waals surface area (Å²) in [5.74, 6) is -1.74. The second-order valence-corrected chi connectivity index (χ2v) is 9.03. The van der Waals surface area contributed by atoms with Crippen LogP contribution < -0.4 is 5.32 Å². The predicted octanol–water partition coefficient (Wildman–Crippen LogP) is 2.93. The number of nitrogens with zero attached hydrogens (tertiary/aromatic N) is 3. The van der Waals surface area contributed by atoms with Gasteiger partial charge in [-0.2, -0.15) is 0 Å². The van der Waals surface area contributed by atoms with Crippen molar-refractivity contribution in [3.63, 3.8) is 0 Å². The van der Waals surface area contributed by atoms with Crippen LogP contribution in [0.2, 0.25) is 0 Å². The second-order valence-electron chi connectivity index (χ2n) is 9.03. The van der Waals surface area contributed by atoms with Crippen molar-refractivity contribution in [1.29, 1.82) is 0 Å². The largest absolute Gasteiger partial charge is 0.355 e. The smallest absolute Gasteiger partial charge is 0.273 e. The minimum Gasteiger partial charge on any atom is -0.355 e. The molecule has 0 unspecified atom stereocenters. The van der Waals surface area contributed by atoms with Crippen LogP contribution in [0.15, 0.2) is 28.8 Å². The molecule has 1 N–H and O–H groups in total. The van der Waals surface area contributed by atoms with Crippen LogP contribution in [-0.4, -0.2) is 66.0 Å². The number of carbonyl (C=O) groups excluding carboxylic acids is 2. The third kappa shape index (κ3) is 4.39. The number of piperidine rings is 1. The van der Waals surface area contributed by atoms with E-state index in [1.165, 1.54) is 18.6 Å². The number of amides is 2. The zero-order valence-corrected chi connectivity index (χ0v) is 18.5. The number of halogens is 2. The minimum atomic E-state index is -0.803. The van der Waals surface area contributed by atoms with Crippen molar-refractivity contribution in [2.75, 3.05) is 27.2 Å². The molecule has 1 aliphatic carbocycles. The number of benzene rings is 1. The van der Waals surface area contributed by atoms with Crippen LogP contribution in [0.3, 0.4) is 0 Å². The van der Waals surface area contributed by atoms with E-state index >= 15 is 0 Å². The molecule has 1 aliphatic heterocycles. The highest BCUT2D eigenvalue weighted by Crippen LogP contribution is 2.34. The molecule has 2 aromatic rings. The number of carbonyl (C=O) groups is 2. The molecule has 0 spiro atoms. The fourth-order valence-electron chi connectivity index (χ4n) is 4.67. The SMILES string of the molecule is C[C@@H]1CC[C@@H]1N1CC[C@@H](NC(=O)c2cc(-c3ccc(F)cc3F)on2)[C@H](C(=O)N(C)C)C1. The Labute approximate surface area is 185 Å². The van der Waals surface area contributed by atoms with E-state index in [1.54, 1.807) is 19.0 Å². The molecule has 0 radical (unpaired) electrons. The summed E-state index contributed by atoms with van der Waals surface area (Å²) < 4.78 is 32.3. The summed E-state index contributed by atoms with van der Waals surface area (Å²) in [7, 11) is 3.43. The van der Waals surface area contributed by atoms with Gasteiger partial charge in [-0.15, -0.1) is 0 Å². The fourth-order valence-corrected chi connectivity index (χ4v) is 4.67. The van der Waals surface area contributed by atoms with Crippen LogP contribution in [0.25, 0.3) is 11.3 Å². The Morgan fingerprint density at radius 1 is 1.19 bits per heavy atom. The number of hydrogen-bond acceptors (Lipinski definition) is 5. The number of likely N-dealkylation sites (tertiary alicyclic amines) is 1. The third-order valence-electron chi connectivity index (χ3n) is 6.70. The zero-order chi connectivity index (χ0) is 23.0. The van der Waals surface area contributed by atoms with Crippen molar-refractivity contribution >= 4 is 11.8 Å². The number of hydrogen-bond donors (Lipinski definition) is 1. The molecule has 1 aromatic carbocycles. The van der Waals surface area contributed by atoms with Crippen LogP contribution in [0, 0.1) is 23.5 Å². The first-order valence-corrected chi connectivity index (χ1v) is 10.9. The Morgan fingerprint density at radius 2 is 1.97 bits per heavy atom. The van der Waals surface area contributed by atoms with Crippen molar-refractivity contribution in [2.45, 2.75) is 38.3 Å². The highest BCUT2D eigenvalue weighted by Gasteiger charge is 2.41. The van der Waals surface area contributed by atoms with Crippen molar-refractivity contribution in [2.24, 2.45) is 11.8 Å². The summed E-state index contributed by atoms with van der Waals surface area (Å²) >= 11 is 0. The molecule has 32 heavy (non-hydrogen) atoms. The van der Waals surface area contributed by atoms with Gasteiger partial charge in [-0.05, 0) is 37.3 Å². The van der Waals surface area contributed by atoms with Gasteiger partial charge in [0.1, 0.15) is 11.6 Å². The van der Waals surface area contributed by atoms with Gasteiger partial charge in [-0.25, -0.2) is 8.78 Å².